The first kappa shape index (κ1) is 17.2. The van der Waals surface area contributed by atoms with Crippen LogP contribution in [0.2, 0.25) is 5.02 Å². The van der Waals surface area contributed by atoms with Gasteiger partial charge in [-0.05, 0) is 24.6 Å². The van der Waals surface area contributed by atoms with Gasteiger partial charge in [0.05, 0.1) is 29.4 Å². The minimum atomic E-state index is -0.482. The summed E-state index contributed by atoms with van der Waals surface area (Å²) >= 11 is 7.71. The highest BCUT2D eigenvalue weighted by atomic mass is 35.5. The van der Waals surface area contributed by atoms with Gasteiger partial charge < -0.3 is 10.3 Å². The largest absolute Gasteiger partial charge is 0.366 e. The highest BCUT2D eigenvalue weighted by molar-refractivity contribution is 7.10. The van der Waals surface area contributed by atoms with Crippen molar-refractivity contribution < 1.29 is 4.79 Å². The van der Waals surface area contributed by atoms with Gasteiger partial charge in [0.1, 0.15) is 5.01 Å². The molecule has 0 bridgehead atoms. The molecule has 0 fully saturated rings. The molecule has 7 heteroatoms. The SMILES string of the molecule is Cc1c(C(N)=O)cc(-c2csc(CC#N)n2)n1Cc1ccccc1Cl. The van der Waals surface area contributed by atoms with Crippen LogP contribution in [-0.4, -0.2) is 15.5 Å². The fourth-order valence-electron chi connectivity index (χ4n) is 2.68. The molecule has 5 nitrogen and oxygen atoms in total. The Morgan fingerprint density at radius 1 is 1.44 bits per heavy atom. The topological polar surface area (TPSA) is 84.7 Å². The van der Waals surface area contributed by atoms with E-state index in [9.17, 15) is 4.79 Å². The Bertz CT molecular complexity index is 983. The lowest BCUT2D eigenvalue weighted by Gasteiger charge is -2.12. The molecular formula is C18H15ClN4OS. The summed E-state index contributed by atoms with van der Waals surface area (Å²) in [4.78, 5) is 16.3. The van der Waals surface area contributed by atoms with Gasteiger partial charge in [-0.15, -0.1) is 11.3 Å². The molecule has 2 N–H and O–H groups in total. The van der Waals surface area contributed by atoms with E-state index in [1.165, 1.54) is 11.3 Å². The number of carbonyl (C=O) groups is 1. The molecule has 2 aromatic heterocycles. The second kappa shape index (κ2) is 7.09. The third kappa shape index (κ3) is 3.43. The highest BCUT2D eigenvalue weighted by Gasteiger charge is 2.19. The number of primary amides is 1. The molecule has 0 unspecified atom stereocenters. The Kier molecular flexibility index (Phi) is 4.88. The molecule has 0 aliphatic carbocycles. The molecule has 0 saturated carbocycles. The summed E-state index contributed by atoms with van der Waals surface area (Å²) in [6, 6.07) is 11.4. The molecular weight excluding hydrogens is 356 g/mol. The summed E-state index contributed by atoms with van der Waals surface area (Å²) in [5.74, 6) is -0.482. The van der Waals surface area contributed by atoms with Crippen LogP contribution in [0.1, 0.15) is 26.6 Å². The number of nitriles is 1. The third-order valence-corrected chi connectivity index (χ3v) is 5.18. The molecule has 1 aromatic carbocycles. The number of hydrogen-bond donors (Lipinski definition) is 1. The van der Waals surface area contributed by atoms with Gasteiger partial charge in [0, 0.05) is 22.6 Å². The smallest absolute Gasteiger partial charge is 0.250 e. The Balaban J connectivity index is 2.10. The zero-order chi connectivity index (χ0) is 18.0. The lowest BCUT2D eigenvalue weighted by atomic mass is 10.2. The molecule has 0 atom stereocenters. The molecule has 0 aliphatic rings. The third-order valence-electron chi connectivity index (χ3n) is 3.96. The van der Waals surface area contributed by atoms with E-state index in [4.69, 9.17) is 22.6 Å². The molecule has 3 aromatic rings. The molecule has 0 aliphatic heterocycles. The highest BCUT2D eigenvalue weighted by Crippen LogP contribution is 2.29. The van der Waals surface area contributed by atoms with E-state index in [-0.39, 0.29) is 6.42 Å². The van der Waals surface area contributed by atoms with Gasteiger partial charge in [0.25, 0.3) is 5.91 Å². The van der Waals surface area contributed by atoms with E-state index in [2.05, 4.69) is 11.1 Å². The number of nitrogens with zero attached hydrogens (tertiary/aromatic N) is 3. The molecule has 2 heterocycles. The Morgan fingerprint density at radius 2 is 2.20 bits per heavy atom. The summed E-state index contributed by atoms with van der Waals surface area (Å²) in [5.41, 5.74) is 9.17. The van der Waals surface area contributed by atoms with Crippen LogP contribution in [0.3, 0.4) is 0 Å². The maximum absolute atomic E-state index is 11.8. The maximum atomic E-state index is 11.8. The quantitative estimate of drug-likeness (QED) is 0.741. The molecule has 126 valence electrons. The van der Waals surface area contributed by atoms with Crippen molar-refractivity contribution in [3.8, 4) is 17.5 Å². The normalized spacial score (nSPS) is 10.6. The first-order valence-corrected chi connectivity index (χ1v) is 8.82. The van der Waals surface area contributed by atoms with Crippen molar-refractivity contribution in [2.45, 2.75) is 19.9 Å². The summed E-state index contributed by atoms with van der Waals surface area (Å²) in [6.07, 6.45) is 0.261. The molecule has 0 radical (unpaired) electrons. The predicted molar refractivity (Wildman–Crippen MR) is 98.7 cm³/mol. The number of rotatable bonds is 5. The fraction of sp³-hybridized carbons (Fsp3) is 0.167. The number of benzene rings is 1. The summed E-state index contributed by atoms with van der Waals surface area (Å²) < 4.78 is 1.98. The van der Waals surface area contributed by atoms with Crippen LogP contribution in [0.4, 0.5) is 0 Å². The molecule has 1 amide bonds. The van der Waals surface area contributed by atoms with Crippen molar-refractivity contribution in [1.29, 1.82) is 5.26 Å². The Hall–Kier alpha value is -2.62. The Labute approximate surface area is 154 Å². The minimum Gasteiger partial charge on any atom is -0.366 e. The van der Waals surface area contributed by atoms with Crippen LogP contribution in [0, 0.1) is 18.3 Å². The monoisotopic (exact) mass is 370 g/mol. The summed E-state index contributed by atoms with van der Waals surface area (Å²) in [7, 11) is 0. The second-order valence-electron chi connectivity index (χ2n) is 5.53. The van der Waals surface area contributed by atoms with E-state index in [0.29, 0.717) is 17.1 Å². The number of thiazole rings is 1. The summed E-state index contributed by atoms with van der Waals surface area (Å²) in [6.45, 7) is 2.35. The predicted octanol–water partition coefficient (Wildman–Crippen LogP) is 3.79. The van der Waals surface area contributed by atoms with Gasteiger partial charge in [-0.2, -0.15) is 5.26 Å². The standard InChI is InChI=1S/C18H15ClN4OS/c1-11-13(18(21)24)8-16(15-10-25-17(22-15)6-7-20)23(11)9-12-4-2-3-5-14(12)19/h2-5,8,10H,6,9H2,1H3,(H2,21,24). The first-order chi connectivity index (χ1) is 12.0. The van der Waals surface area contributed by atoms with E-state index >= 15 is 0 Å². The van der Waals surface area contributed by atoms with Crippen LogP contribution in [-0.2, 0) is 13.0 Å². The molecule has 0 spiro atoms. The van der Waals surface area contributed by atoms with Crippen LogP contribution >= 0.6 is 22.9 Å². The number of hydrogen-bond acceptors (Lipinski definition) is 4. The Morgan fingerprint density at radius 3 is 2.88 bits per heavy atom. The van der Waals surface area contributed by atoms with Crippen molar-refractivity contribution >= 4 is 28.8 Å². The van der Waals surface area contributed by atoms with Gasteiger partial charge in [-0.1, -0.05) is 29.8 Å². The zero-order valence-corrected chi connectivity index (χ0v) is 15.1. The van der Waals surface area contributed by atoms with Crippen molar-refractivity contribution in [2.24, 2.45) is 5.73 Å². The van der Waals surface area contributed by atoms with Crippen LogP contribution < -0.4 is 5.73 Å². The van der Waals surface area contributed by atoms with Gasteiger partial charge in [0.15, 0.2) is 0 Å². The molecule has 0 saturated heterocycles. The van der Waals surface area contributed by atoms with E-state index in [0.717, 1.165) is 27.7 Å². The van der Waals surface area contributed by atoms with E-state index in [1.54, 1.807) is 6.07 Å². The number of amides is 1. The van der Waals surface area contributed by atoms with Gasteiger partial charge in [0.2, 0.25) is 0 Å². The van der Waals surface area contributed by atoms with E-state index in [1.807, 2.05) is 41.1 Å². The van der Waals surface area contributed by atoms with Crippen molar-refractivity contribution in [3.05, 3.63) is 62.6 Å². The van der Waals surface area contributed by atoms with Gasteiger partial charge in [-0.25, -0.2) is 4.98 Å². The number of nitrogens with two attached hydrogens (primary N) is 1. The number of carbonyl (C=O) groups excluding carboxylic acids is 1. The van der Waals surface area contributed by atoms with Crippen molar-refractivity contribution in [1.82, 2.24) is 9.55 Å². The number of aromatic nitrogens is 2. The van der Waals surface area contributed by atoms with Crippen LogP contribution in [0.5, 0.6) is 0 Å². The average Bonchev–Trinajstić information content (AvgIpc) is 3.15. The van der Waals surface area contributed by atoms with E-state index < -0.39 is 5.91 Å². The fourth-order valence-corrected chi connectivity index (χ4v) is 3.60. The molecule has 3 rings (SSSR count). The van der Waals surface area contributed by atoms with Crippen molar-refractivity contribution in [2.75, 3.05) is 0 Å². The number of halogens is 1. The lowest BCUT2D eigenvalue weighted by molar-refractivity contribution is 0.0999. The lowest BCUT2D eigenvalue weighted by Crippen LogP contribution is -2.12. The minimum absolute atomic E-state index is 0.261. The van der Waals surface area contributed by atoms with Gasteiger partial charge >= 0.3 is 0 Å². The maximum Gasteiger partial charge on any atom is 0.250 e. The average molecular weight is 371 g/mol. The first-order valence-electron chi connectivity index (χ1n) is 7.56. The van der Waals surface area contributed by atoms with Crippen LogP contribution in [0.25, 0.3) is 11.4 Å². The molecule has 25 heavy (non-hydrogen) atoms. The zero-order valence-electron chi connectivity index (χ0n) is 13.5. The van der Waals surface area contributed by atoms with Crippen molar-refractivity contribution in [3.63, 3.8) is 0 Å². The summed E-state index contributed by atoms with van der Waals surface area (Å²) in [5, 5.41) is 12.1. The van der Waals surface area contributed by atoms with Gasteiger partial charge in [-0.3, -0.25) is 4.79 Å². The second-order valence-corrected chi connectivity index (χ2v) is 6.88. The van der Waals surface area contributed by atoms with Crippen LogP contribution in [0.15, 0.2) is 35.7 Å².